The average Bonchev–Trinajstić information content (AvgIpc) is 2.37. The number of rotatable bonds is 7. The van der Waals surface area contributed by atoms with Crippen LogP contribution >= 0.6 is 0 Å². The van der Waals surface area contributed by atoms with Gasteiger partial charge in [0.05, 0.1) is 0 Å². The van der Waals surface area contributed by atoms with Gasteiger partial charge in [-0.3, -0.25) is 0 Å². The summed E-state index contributed by atoms with van der Waals surface area (Å²) in [5.41, 5.74) is 0. The molecule has 0 aliphatic rings. The first-order valence-corrected chi connectivity index (χ1v) is 7.00. The van der Waals surface area contributed by atoms with Crippen molar-refractivity contribution in [2.24, 2.45) is 0 Å². The molecular weight excluding hydrogens is 224 g/mol. The van der Waals surface area contributed by atoms with Crippen molar-refractivity contribution in [3.8, 4) is 0 Å². The molecule has 0 atom stereocenters. The molecule has 0 saturated carbocycles. The van der Waals surface area contributed by atoms with Crippen molar-refractivity contribution in [3.05, 3.63) is 11.9 Å². The zero-order valence-corrected chi connectivity index (χ0v) is 12.3. The monoisotopic (exact) mass is 250 g/mol. The van der Waals surface area contributed by atoms with E-state index in [1.54, 1.807) is 0 Å². The second-order valence-corrected chi connectivity index (χ2v) is 4.72. The van der Waals surface area contributed by atoms with E-state index in [-0.39, 0.29) is 0 Å². The summed E-state index contributed by atoms with van der Waals surface area (Å²) in [6.45, 7) is 13.6. The van der Waals surface area contributed by atoms with E-state index >= 15 is 0 Å². The molecule has 1 heterocycles. The second kappa shape index (κ2) is 7.19. The summed E-state index contributed by atoms with van der Waals surface area (Å²) in [4.78, 5) is 11.5. The first-order chi connectivity index (χ1) is 8.62. The van der Waals surface area contributed by atoms with Crippen molar-refractivity contribution in [1.29, 1.82) is 0 Å². The quantitative estimate of drug-likeness (QED) is 0.806. The van der Waals surface area contributed by atoms with Crippen LogP contribution in [-0.2, 0) is 0 Å². The predicted molar refractivity (Wildman–Crippen MR) is 78.5 cm³/mol. The maximum Gasteiger partial charge on any atom is 0.135 e. The molecule has 1 aromatic rings. The summed E-state index contributed by atoms with van der Waals surface area (Å²) in [6, 6.07) is 2.05. The fraction of sp³-hybridized carbons (Fsp3) is 0.714. The predicted octanol–water partition coefficient (Wildman–Crippen LogP) is 3.27. The van der Waals surface area contributed by atoms with E-state index in [4.69, 9.17) is 0 Å². The molecule has 4 heteroatoms. The van der Waals surface area contributed by atoms with Gasteiger partial charge < -0.3 is 10.2 Å². The van der Waals surface area contributed by atoms with E-state index < -0.39 is 0 Å². The van der Waals surface area contributed by atoms with E-state index in [0.29, 0.717) is 5.92 Å². The number of hydrogen-bond donors (Lipinski definition) is 1. The van der Waals surface area contributed by atoms with Gasteiger partial charge in [0.25, 0.3) is 0 Å². The highest BCUT2D eigenvalue weighted by Crippen LogP contribution is 2.19. The Kier molecular flexibility index (Phi) is 5.89. The number of nitrogens with one attached hydrogen (secondary N) is 1. The highest BCUT2D eigenvalue weighted by Gasteiger charge is 2.11. The van der Waals surface area contributed by atoms with Crippen LogP contribution in [0.4, 0.5) is 11.6 Å². The summed E-state index contributed by atoms with van der Waals surface area (Å²) < 4.78 is 0. The Morgan fingerprint density at radius 3 is 2.33 bits per heavy atom. The Morgan fingerprint density at radius 2 is 1.83 bits per heavy atom. The first-order valence-electron chi connectivity index (χ1n) is 7.00. The summed E-state index contributed by atoms with van der Waals surface area (Å²) >= 11 is 0. The fourth-order valence-electron chi connectivity index (χ4n) is 1.76. The Hall–Kier alpha value is -1.32. The van der Waals surface area contributed by atoms with Crippen molar-refractivity contribution in [1.82, 2.24) is 9.97 Å². The zero-order valence-electron chi connectivity index (χ0n) is 12.3. The minimum Gasteiger partial charge on any atom is -0.370 e. The summed E-state index contributed by atoms with van der Waals surface area (Å²) in [5.74, 6) is 3.23. The number of anilines is 2. The molecule has 0 saturated heterocycles. The number of hydrogen-bond acceptors (Lipinski definition) is 4. The molecule has 0 aliphatic carbocycles. The van der Waals surface area contributed by atoms with Crippen molar-refractivity contribution >= 4 is 11.6 Å². The van der Waals surface area contributed by atoms with Gasteiger partial charge in [0.15, 0.2) is 0 Å². The van der Waals surface area contributed by atoms with Crippen LogP contribution in [0.2, 0.25) is 0 Å². The second-order valence-electron chi connectivity index (χ2n) is 4.72. The molecule has 0 aliphatic heterocycles. The third-order valence-corrected chi connectivity index (χ3v) is 2.89. The van der Waals surface area contributed by atoms with Crippen LogP contribution in [0.15, 0.2) is 6.07 Å². The lowest BCUT2D eigenvalue weighted by atomic mass is 10.2. The lowest BCUT2D eigenvalue weighted by Crippen LogP contribution is -2.24. The topological polar surface area (TPSA) is 41.0 Å². The molecule has 1 aromatic heterocycles. The first kappa shape index (κ1) is 14.7. The van der Waals surface area contributed by atoms with Crippen molar-refractivity contribution in [3.63, 3.8) is 0 Å². The van der Waals surface area contributed by atoms with E-state index in [9.17, 15) is 0 Å². The van der Waals surface area contributed by atoms with Gasteiger partial charge in [-0.2, -0.15) is 0 Å². The molecule has 0 radical (unpaired) electrons. The highest BCUT2D eigenvalue weighted by molar-refractivity contribution is 5.49. The molecule has 102 valence electrons. The Balaban J connectivity index is 3.04. The van der Waals surface area contributed by atoms with Crippen LogP contribution in [0.1, 0.15) is 52.8 Å². The molecular formula is C14H26N4. The third kappa shape index (κ3) is 3.86. The molecule has 0 unspecified atom stereocenters. The Morgan fingerprint density at radius 1 is 1.17 bits per heavy atom. The minimum atomic E-state index is 0.350. The molecule has 4 nitrogen and oxygen atoms in total. The van der Waals surface area contributed by atoms with Crippen LogP contribution in [0.25, 0.3) is 0 Å². The van der Waals surface area contributed by atoms with Gasteiger partial charge in [-0.05, 0) is 20.3 Å². The zero-order chi connectivity index (χ0) is 13.5. The minimum absolute atomic E-state index is 0.350. The van der Waals surface area contributed by atoms with Gasteiger partial charge >= 0.3 is 0 Å². The average molecular weight is 250 g/mol. The van der Waals surface area contributed by atoms with Gasteiger partial charge in [-0.15, -0.1) is 0 Å². The summed E-state index contributed by atoms with van der Waals surface area (Å²) in [6.07, 6.45) is 1.10. The number of nitrogens with zero attached hydrogens (tertiary/aromatic N) is 3. The van der Waals surface area contributed by atoms with Gasteiger partial charge in [-0.25, -0.2) is 9.97 Å². The molecule has 0 bridgehead atoms. The Labute approximate surface area is 111 Å². The van der Waals surface area contributed by atoms with Crippen LogP contribution in [0.3, 0.4) is 0 Å². The smallest absolute Gasteiger partial charge is 0.135 e. The lowest BCUT2D eigenvalue weighted by Gasteiger charge is -2.21. The molecule has 0 fully saturated rings. The third-order valence-electron chi connectivity index (χ3n) is 2.89. The SMILES string of the molecule is CCCNc1cc(N(CC)CC)nc(C(C)C)n1. The highest BCUT2D eigenvalue weighted by atomic mass is 15.2. The van der Waals surface area contributed by atoms with E-state index in [1.165, 1.54) is 0 Å². The van der Waals surface area contributed by atoms with Crippen molar-refractivity contribution in [2.75, 3.05) is 29.9 Å². The Bertz CT molecular complexity index is 359. The van der Waals surface area contributed by atoms with Gasteiger partial charge in [0.1, 0.15) is 17.5 Å². The standard InChI is InChI=1S/C14H26N4/c1-6-9-15-12-10-13(18(7-2)8-3)17-14(16-12)11(4)5/h10-11H,6-9H2,1-5H3,(H,15,16,17). The largest absolute Gasteiger partial charge is 0.370 e. The van der Waals surface area contributed by atoms with Crippen LogP contribution in [0.5, 0.6) is 0 Å². The fourth-order valence-corrected chi connectivity index (χ4v) is 1.76. The summed E-state index contributed by atoms with van der Waals surface area (Å²) in [5, 5.41) is 3.36. The molecule has 1 N–H and O–H groups in total. The maximum absolute atomic E-state index is 4.66. The molecule has 18 heavy (non-hydrogen) atoms. The van der Waals surface area contributed by atoms with E-state index in [0.717, 1.165) is 43.5 Å². The summed E-state index contributed by atoms with van der Waals surface area (Å²) in [7, 11) is 0. The maximum atomic E-state index is 4.66. The number of aromatic nitrogens is 2. The normalized spacial score (nSPS) is 10.8. The lowest BCUT2D eigenvalue weighted by molar-refractivity contribution is 0.755. The molecule has 0 spiro atoms. The van der Waals surface area contributed by atoms with E-state index in [2.05, 4.69) is 60.9 Å². The van der Waals surface area contributed by atoms with Gasteiger partial charge in [0.2, 0.25) is 0 Å². The van der Waals surface area contributed by atoms with Gasteiger partial charge in [-0.1, -0.05) is 20.8 Å². The molecule has 0 amide bonds. The van der Waals surface area contributed by atoms with Crippen molar-refractivity contribution < 1.29 is 0 Å². The van der Waals surface area contributed by atoms with Crippen LogP contribution in [-0.4, -0.2) is 29.6 Å². The molecule has 1 rings (SSSR count). The van der Waals surface area contributed by atoms with Gasteiger partial charge in [0, 0.05) is 31.6 Å². The van der Waals surface area contributed by atoms with Crippen LogP contribution < -0.4 is 10.2 Å². The van der Waals surface area contributed by atoms with E-state index in [1.807, 2.05) is 0 Å². The van der Waals surface area contributed by atoms with Crippen molar-refractivity contribution in [2.45, 2.75) is 47.0 Å². The van der Waals surface area contributed by atoms with Crippen LogP contribution in [0, 0.1) is 0 Å². The molecule has 0 aromatic carbocycles.